The lowest BCUT2D eigenvalue weighted by Gasteiger charge is -2.23. The minimum atomic E-state index is -0.297. The molecule has 2 amide bonds. The van der Waals surface area contributed by atoms with E-state index >= 15 is 0 Å². The summed E-state index contributed by atoms with van der Waals surface area (Å²) in [4.78, 5) is 26.2. The topological polar surface area (TPSA) is 81.9 Å². The van der Waals surface area contributed by atoms with E-state index in [-0.39, 0.29) is 25.2 Å². The highest BCUT2D eigenvalue weighted by Crippen LogP contribution is 2.33. The minimum Gasteiger partial charge on any atom is -0.467 e. The fraction of sp³-hybridized carbons (Fsp3) is 0.176. The number of benzene rings is 2. The number of anilines is 1. The second-order valence-electron chi connectivity index (χ2n) is 5.52. The van der Waals surface area contributed by atoms with Crippen molar-refractivity contribution in [2.24, 2.45) is 0 Å². The van der Waals surface area contributed by atoms with Gasteiger partial charge in [0, 0.05) is 16.8 Å². The zero-order valence-electron chi connectivity index (χ0n) is 12.2. The van der Waals surface area contributed by atoms with Gasteiger partial charge in [0.15, 0.2) is 6.79 Å². The number of hydrogen-bond acceptors (Lipinski definition) is 5. The summed E-state index contributed by atoms with van der Waals surface area (Å²) < 4.78 is 10.8. The fourth-order valence-corrected chi connectivity index (χ4v) is 3.00. The van der Waals surface area contributed by atoms with E-state index < -0.39 is 0 Å². The van der Waals surface area contributed by atoms with Crippen molar-refractivity contribution in [3.05, 3.63) is 58.7 Å². The Balaban J connectivity index is 1.71. The van der Waals surface area contributed by atoms with E-state index in [1.807, 2.05) is 0 Å². The number of nitrogens with zero attached hydrogens (tertiary/aromatic N) is 1. The van der Waals surface area contributed by atoms with Crippen molar-refractivity contribution in [3.63, 3.8) is 0 Å². The molecular weight excluding hydrogens is 296 g/mol. The van der Waals surface area contributed by atoms with Crippen molar-refractivity contribution in [2.75, 3.05) is 12.5 Å². The molecule has 0 atom stereocenters. The number of nitrogens with two attached hydrogens (primary N) is 1. The van der Waals surface area contributed by atoms with Gasteiger partial charge in [-0.2, -0.15) is 0 Å². The summed E-state index contributed by atoms with van der Waals surface area (Å²) in [5.41, 5.74) is 8.85. The molecule has 6 nitrogen and oxygen atoms in total. The smallest absolute Gasteiger partial charge is 0.261 e. The number of carbonyl (C=O) groups is 2. The number of hydrogen-bond donors (Lipinski definition) is 1. The van der Waals surface area contributed by atoms with Gasteiger partial charge < -0.3 is 15.2 Å². The Morgan fingerprint density at radius 1 is 1.09 bits per heavy atom. The summed E-state index contributed by atoms with van der Waals surface area (Å²) in [6.07, 6.45) is 0. The number of fused-ring (bicyclic) bond motifs is 2. The van der Waals surface area contributed by atoms with E-state index in [4.69, 9.17) is 15.2 Å². The first-order valence-corrected chi connectivity index (χ1v) is 7.22. The van der Waals surface area contributed by atoms with Crippen LogP contribution in [-0.4, -0.2) is 23.5 Å². The second kappa shape index (κ2) is 5.10. The van der Waals surface area contributed by atoms with Gasteiger partial charge in [-0.1, -0.05) is 12.1 Å². The zero-order chi connectivity index (χ0) is 16.0. The molecule has 116 valence electrons. The molecule has 6 heteroatoms. The number of nitrogen functional groups attached to an aromatic ring is 1. The normalized spacial score (nSPS) is 16.1. The SMILES string of the molecule is Nc1cc2c(c(CN3C(=O)c4ccccc4C3=O)c1)OCOC2. The van der Waals surface area contributed by atoms with Crippen LogP contribution in [0.3, 0.4) is 0 Å². The van der Waals surface area contributed by atoms with Gasteiger partial charge >= 0.3 is 0 Å². The second-order valence-corrected chi connectivity index (χ2v) is 5.52. The lowest BCUT2D eigenvalue weighted by molar-refractivity contribution is -0.0172. The van der Waals surface area contributed by atoms with Crippen LogP contribution in [0.5, 0.6) is 5.75 Å². The first-order valence-electron chi connectivity index (χ1n) is 7.22. The van der Waals surface area contributed by atoms with Crippen LogP contribution < -0.4 is 10.5 Å². The lowest BCUT2D eigenvalue weighted by atomic mass is 10.1. The summed E-state index contributed by atoms with van der Waals surface area (Å²) >= 11 is 0. The highest BCUT2D eigenvalue weighted by molar-refractivity contribution is 6.21. The van der Waals surface area contributed by atoms with Gasteiger partial charge in [0.25, 0.3) is 11.8 Å². The molecule has 0 aliphatic carbocycles. The monoisotopic (exact) mass is 310 g/mol. The summed E-state index contributed by atoms with van der Waals surface area (Å²) in [7, 11) is 0. The van der Waals surface area contributed by atoms with Crippen molar-refractivity contribution >= 4 is 17.5 Å². The molecule has 2 aliphatic rings. The van der Waals surface area contributed by atoms with Crippen LogP contribution >= 0.6 is 0 Å². The molecule has 0 saturated heterocycles. The standard InChI is InChI=1S/C17H14N2O4/c18-12-5-10(15-11(6-12)8-22-9-23-15)7-19-16(20)13-3-1-2-4-14(13)17(19)21/h1-6H,7-9,18H2. The van der Waals surface area contributed by atoms with Crippen LogP contribution in [0.2, 0.25) is 0 Å². The number of amides is 2. The Morgan fingerprint density at radius 2 is 1.78 bits per heavy atom. The van der Waals surface area contributed by atoms with Gasteiger partial charge in [-0.05, 0) is 24.3 Å². The number of carbonyl (C=O) groups excluding carboxylic acids is 2. The maximum atomic E-state index is 12.5. The van der Waals surface area contributed by atoms with Gasteiger partial charge in [0.2, 0.25) is 0 Å². The molecule has 2 N–H and O–H groups in total. The molecule has 0 saturated carbocycles. The summed E-state index contributed by atoms with van der Waals surface area (Å²) in [5.74, 6) is 0.0460. The summed E-state index contributed by atoms with van der Waals surface area (Å²) in [6, 6.07) is 10.3. The lowest BCUT2D eigenvalue weighted by Crippen LogP contribution is -2.29. The van der Waals surface area contributed by atoms with Gasteiger partial charge in [0.1, 0.15) is 5.75 Å². The average molecular weight is 310 g/mol. The van der Waals surface area contributed by atoms with Crippen LogP contribution in [0.15, 0.2) is 36.4 Å². The number of rotatable bonds is 2. The third-order valence-corrected chi connectivity index (χ3v) is 4.02. The highest BCUT2D eigenvalue weighted by Gasteiger charge is 2.35. The zero-order valence-corrected chi connectivity index (χ0v) is 12.2. The number of ether oxygens (including phenoxy) is 2. The molecule has 2 aromatic rings. The van der Waals surface area contributed by atoms with Crippen molar-refractivity contribution < 1.29 is 19.1 Å². The van der Waals surface area contributed by atoms with Crippen LogP contribution in [0.1, 0.15) is 31.8 Å². The summed E-state index contributed by atoms with van der Waals surface area (Å²) in [6.45, 7) is 0.668. The molecule has 2 aromatic carbocycles. The van der Waals surface area contributed by atoms with Crippen LogP contribution in [0.25, 0.3) is 0 Å². The predicted octanol–water partition coefficient (Wildman–Crippen LogP) is 1.93. The van der Waals surface area contributed by atoms with Crippen molar-refractivity contribution in [3.8, 4) is 5.75 Å². The Hall–Kier alpha value is -2.86. The molecule has 0 fully saturated rings. The number of imide groups is 1. The molecule has 0 unspecified atom stereocenters. The largest absolute Gasteiger partial charge is 0.467 e. The quantitative estimate of drug-likeness (QED) is 0.677. The Bertz CT molecular complexity index is 796. The van der Waals surface area contributed by atoms with E-state index in [0.717, 1.165) is 5.56 Å². The average Bonchev–Trinajstić information content (AvgIpc) is 2.80. The third-order valence-electron chi connectivity index (χ3n) is 4.02. The van der Waals surface area contributed by atoms with Gasteiger partial charge in [-0.15, -0.1) is 0 Å². The van der Waals surface area contributed by atoms with E-state index in [1.54, 1.807) is 36.4 Å². The van der Waals surface area contributed by atoms with Crippen molar-refractivity contribution in [1.82, 2.24) is 4.90 Å². The molecule has 0 spiro atoms. The van der Waals surface area contributed by atoms with Gasteiger partial charge in [-0.25, -0.2) is 0 Å². The summed E-state index contributed by atoms with van der Waals surface area (Å²) in [5, 5.41) is 0. The first-order chi connectivity index (χ1) is 11.1. The Labute approximate surface area is 132 Å². The molecule has 0 bridgehead atoms. The van der Waals surface area contributed by atoms with Gasteiger partial charge in [0.05, 0.1) is 24.3 Å². The molecule has 2 heterocycles. The van der Waals surface area contributed by atoms with Crippen LogP contribution in [0.4, 0.5) is 5.69 Å². The molecule has 4 rings (SSSR count). The van der Waals surface area contributed by atoms with E-state index in [9.17, 15) is 9.59 Å². The van der Waals surface area contributed by atoms with Crippen molar-refractivity contribution in [1.29, 1.82) is 0 Å². The predicted molar refractivity (Wildman–Crippen MR) is 81.8 cm³/mol. The molecule has 23 heavy (non-hydrogen) atoms. The van der Waals surface area contributed by atoms with Crippen molar-refractivity contribution in [2.45, 2.75) is 13.2 Å². The third kappa shape index (κ3) is 2.15. The molecule has 0 radical (unpaired) electrons. The van der Waals surface area contributed by atoms with Crippen LogP contribution in [-0.2, 0) is 17.9 Å². The maximum absolute atomic E-state index is 12.5. The van der Waals surface area contributed by atoms with E-state index in [2.05, 4.69) is 0 Å². The van der Waals surface area contributed by atoms with Gasteiger partial charge in [-0.3, -0.25) is 14.5 Å². The molecule has 0 aromatic heterocycles. The Kier molecular flexibility index (Phi) is 3.06. The van der Waals surface area contributed by atoms with E-state index in [1.165, 1.54) is 4.90 Å². The Morgan fingerprint density at radius 3 is 2.48 bits per heavy atom. The van der Waals surface area contributed by atoms with Crippen LogP contribution in [0, 0.1) is 0 Å². The first kappa shape index (κ1) is 13.8. The highest BCUT2D eigenvalue weighted by atomic mass is 16.7. The molecular formula is C17H14N2O4. The fourth-order valence-electron chi connectivity index (χ4n) is 3.00. The van der Waals surface area contributed by atoms with E-state index in [0.29, 0.717) is 34.7 Å². The maximum Gasteiger partial charge on any atom is 0.261 e. The molecule has 2 aliphatic heterocycles. The minimum absolute atomic E-state index is 0.125.